The summed E-state index contributed by atoms with van der Waals surface area (Å²) in [5.74, 6) is 0. The van der Waals surface area contributed by atoms with Gasteiger partial charge in [-0.2, -0.15) is 0 Å². The summed E-state index contributed by atoms with van der Waals surface area (Å²) >= 11 is 0. The lowest BCUT2D eigenvalue weighted by molar-refractivity contribution is 0.512. The first-order valence-corrected chi connectivity index (χ1v) is 5.69. The molecule has 1 unspecified atom stereocenters. The van der Waals surface area contributed by atoms with Gasteiger partial charge in [0, 0.05) is 18.2 Å². The van der Waals surface area contributed by atoms with E-state index in [-0.39, 0.29) is 0 Å². The van der Waals surface area contributed by atoms with Crippen molar-refractivity contribution >= 4 is 0 Å². The molecule has 1 atom stereocenters. The summed E-state index contributed by atoms with van der Waals surface area (Å²) in [7, 11) is 0. The molecule has 0 amide bonds. The van der Waals surface area contributed by atoms with E-state index in [0.717, 1.165) is 13.0 Å². The highest BCUT2D eigenvalue weighted by Gasteiger charge is 2.07. The normalized spacial score (nSPS) is 12.6. The Labute approximate surface area is 96.3 Å². The summed E-state index contributed by atoms with van der Waals surface area (Å²) in [4.78, 5) is 0. The molecule has 0 fully saturated rings. The topological polar surface area (TPSA) is 25.2 Å². The van der Waals surface area contributed by atoms with E-state index in [1.54, 1.807) is 12.5 Å². The van der Waals surface area contributed by atoms with Crippen molar-refractivity contribution in [1.29, 1.82) is 0 Å². The van der Waals surface area contributed by atoms with Crippen LogP contribution < -0.4 is 5.32 Å². The molecule has 0 saturated carbocycles. The maximum absolute atomic E-state index is 5.05. The van der Waals surface area contributed by atoms with Gasteiger partial charge in [-0.25, -0.2) is 0 Å². The molecule has 16 heavy (non-hydrogen) atoms. The van der Waals surface area contributed by atoms with Crippen molar-refractivity contribution in [2.75, 3.05) is 0 Å². The Kier molecular flexibility index (Phi) is 3.78. The lowest BCUT2D eigenvalue weighted by Gasteiger charge is -2.16. The van der Waals surface area contributed by atoms with Gasteiger partial charge in [-0.15, -0.1) is 0 Å². The van der Waals surface area contributed by atoms with E-state index in [4.69, 9.17) is 4.42 Å². The van der Waals surface area contributed by atoms with E-state index in [2.05, 4.69) is 36.5 Å². The molecule has 0 aliphatic heterocycles. The molecule has 2 heteroatoms. The minimum atomic E-state index is 0.413. The Morgan fingerprint density at radius 1 is 1.19 bits per heavy atom. The van der Waals surface area contributed by atoms with Crippen LogP contribution in [0.1, 0.15) is 30.5 Å². The van der Waals surface area contributed by atoms with Gasteiger partial charge < -0.3 is 9.73 Å². The highest BCUT2D eigenvalue weighted by Crippen LogP contribution is 2.16. The van der Waals surface area contributed by atoms with Crippen molar-refractivity contribution in [3.05, 3.63) is 60.1 Å². The smallest absolute Gasteiger partial charge is 0.0947 e. The Balaban J connectivity index is 1.96. The van der Waals surface area contributed by atoms with Crippen molar-refractivity contribution < 1.29 is 4.42 Å². The summed E-state index contributed by atoms with van der Waals surface area (Å²) in [5, 5.41) is 3.53. The van der Waals surface area contributed by atoms with E-state index in [1.807, 2.05) is 12.1 Å². The number of benzene rings is 1. The highest BCUT2D eigenvalue weighted by atomic mass is 16.3. The molecule has 2 nitrogen and oxygen atoms in total. The summed E-state index contributed by atoms with van der Waals surface area (Å²) in [6, 6.07) is 12.9. The van der Waals surface area contributed by atoms with Crippen molar-refractivity contribution in [3.8, 4) is 0 Å². The first-order chi connectivity index (χ1) is 7.90. The van der Waals surface area contributed by atoms with Gasteiger partial charge >= 0.3 is 0 Å². The third kappa shape index (κ3) is 2.74. The van der Waals surface area contributed by atoms with Crippen LogP contribution in [0, 0.1) is 0 Å². The largest absolute Gasteiger partial charge is 0.472 e. The Morgan fingerprint density at radius 3 is 2.62 bits per heavy atom. The van der Waals surface area contributed by atoms with E-state index >= 15 is 0 Å². The number of nitrogens with one attached hydrogen (secondary N) is 1. The second-order valence-corrected chi connectivity index (χ2v) is 3.88. The number of hydrogen-bond donors (Lipinski definition) is 1. The van der Waals surface area contributed by atoms with Crippen molar-refractivity contribution in [3.63, 3.8) is 0 Å². The van der Waals surface area contributed by atoms with Crippen LogP contribution in [0.2, 0.25) is 0 Å². The fraction of sp³-hybridized carbons (Fsp3) is 0.286. The molecule has 0 aliphatic carbocycles. The van der Waals surface area contributed by atoms with Gasteiger partial charge in [-0.3, -0.25) is 0 Å². The first-order valence-electron chi connectivity index (χ1n) is 5.69. The lowest BCUT2D eigenvalue weighted by atomic mass is 10.0. The third-order valence-corrected chi connectivity index (χ3v) is 2.74. The maximum Gasteiger partial charge on any atom is 0.0947 e. The van der Waals surface area contributed by atoms with Crippen LogP contribution in [0.4, 0.5) is 0 Å². The molecule has 0 aliphatic rings. The van der Waals surface area contributed by atoms with E-state index < -0.39 is 0 Å². The summed E-state index contributed by atoms with van der Waals surface area (Å²) < 4.78 is 5.05. The van der Waals surface area contributed by atoms with Gasteiger partial charge in [0.15, 0.2) is 0 Å². The standard InChI is InChI=1S/C14H17NO/c1-2-14(13-6-4-3-5-7-13)15-10-12-8-9-16-11-12/h3-9,11,14-15H,2,10H2,1H3. The average molecular weight is 215 g/mol. The number of hydrogen-bond acceptors (Lipinski definition) is 2. The fourth-order valence-electron chi connectivity index (χ4n) is 1.82. The van der Waals surface area contributed by atoms with Crippen LogP contribution in [-0.4, -0.2) is 0 Å². The van der Waals surface area contributed by atoms with Crippen molar-refractivity contribution in [1.82, 2.24) is 5.32 Å². The molecule has 2 rings (SSSR count). The number of furan rings is 1. The molecule has 0 saturated heterocycles. The molecule has 1 N–H and O–H groups in total. The predicted octanol–water partition coefficient (Wildman–Crippen LogP) is 3.52. The zero-order valence-electron chi connectivity index (χ0n) is 9.52. The van der Waals surface area contributed by atoms with Crippen LogP contribution in [0.25, 0.3) is 0 Å². The molecule has 0 spiro atoms. The zero-order valence-corrected chi connectivity index (χ0v) is 9.52. The van der Waals surface area contributed by atoms with Gasteiger partial charge in [0.25, 0.3) is 0 Å². The molecule has 0 radical (unpaired) electrons. The average Bonchev–Trinajstić information content (AvgIpc) is 2.84. The van der Waals surface area contributed by atoms with Gasteiger partial charge in [0.2, 0.25) is 0 Å². The van der Waals surface area contributed by atoms with Gasteiger partial charge in [-0.05, 0) is 18.1 Å². The van der Waals surface area contributed by atoms with Gasteiger partial charge in [-0.1, -0.05) is 37.3 Å². The SMILES string of the molecule is CCC(NCc1ccoc1)c1ccccc1. The summed E-state index contributed by atoms with van der Waals surface area (Å²) in [6.07, 6.45) is 4.58. The summed E-state index contributed by atoms with van der Waals surface area (Å²) in [6.45, 7) is 3.05. The minimum absolute atomic E-state index is 0.413. The highest BCUT2D eigenvalue weighted by molar-refractivity contribution is 5.19. The Morgan fingerprint density at radius 2 is 2.00 bits per heavy atom. The molecule has 2 aromatic rings. The predicted molar refractivity (Wildman–Crippen MR) is 65.0 cm³/mol. The lowest BCUT2D eigenvalue weighted by Crippen LogP contribution is -2.19. The van der Waals surface area contributed by atoms with Crippen LogP contribution in [-0.2, 0) is 6.54 Å². The van der Waals surface area contributed by atoms with Crippen molar-refractivity contribution in [2.24, 2.45) is 0 Å². The molecule has 0 bridgehead atoms. The van der Waals surface area contributed by atoms with Crippen LogP contribution in [0.5, 0.6) is 0 Å². The fourth-order valence-corrected chi connectivity index (χ4v) is 1.82. The van der Waals surface area contributed by atoms with Crippen LogP contribution in [0.3, 0.4) is 0 Å². The molecular weight excluding hydrogens is 198 g/mol. The Hall–Kier alpha value is -1.54. The van der Waals surface area contributed by atoms with E-state index in [1.165, 1.54) is 11.1 Å². The van der Waals surface area contributed by atoms with Crippen LogP contribution >= 0.6 is 0 Å². The second kappa shape index (κ2) is 5.52. The quantitative estimate of drug-likeness (QED) is 0.825. The third-order valence-electron chi connectivity index (χ3n) is 2.74. The van der Waals surface area contributed by atoms with Crippen LogP contribution in [0.15, 0.2) is 53.3 Å². The van der Waals surface area contributed by atoms with E-state index in [0.29, 0.717) is 6.04 Å². The molecule has 1 aromatic heterocycles. The second-order valence-electron chi connectivity index (χ2n) is 3.88. The van der Waals surface area contributed by atoms with Gasteiger partial charge in [0.05, 0.1) is 12.5 Å². The molecular formula is C14H17NO. The molecule has 1 heterocycles. The number of rotatable bonds is 5. The molecule has 84 valence electrons. The van der Waals surface area contributed by atoms with E-state index in [9.17, 15) is 0 Å². The zero-order chi connectivity index (χ0) is 11.2. The Bertz CT molecular complexity index is 394. The first kappa shape index (κ1) is 11.0. The minimum Gasteiger partial charge on any atom is -0.472 e. The summed E-state index contributed by atoms with van der Waals surface area (Å²) in [5.41, 5.74) is 2.53. The maximum atomic E-state index is 5.05. The van der Waals surface area contributed by atoms with Crippen molar-refractivity contribution in [2.45, 2.75) is 25.9 Å². The molecule has 1 aromatic carbocycles. The van der Waals surface area contributed by atoms with Gasteiger partial charge in [0.1, 0.15) is 0 Å². The monoisotopic (exact) mass is 215 g/mol.